The second-order valence-electron chi connectivity index (χ2n) is 13.3. The molecule has 0 aliphatic rings. The van der Waals surface area contributed by atoms with Gasteiger partial charge in [-0.05, 0) is 81.1 Å². The molecule has 0 spiro atoms. The summed E-state index contributed by atoms with van der Waals surface area (Å²) in [6.45, 7) is 20.0. The van der Waals surface area contributed by atoms with E-state index in [1.54, 1.807) is 0 Å². The first-order valence-electron chi connectivity index (χ1n) is 15.4. The summed E-state index contributed by atoms with van der Waals surface area (Å²) < 4.78 is 49.9. The maximum absolute atomic E-state index is 12.9. The molecule has 2 N–H and O–H groups in total. The van der Waals surface area contributed by atoms with E-state index in [2.05, 4.69) is 38.4 Å². The van der Waals surface area contributed by atoms with Gasteiger partial charge >= 0.3 is 15.5 Å². The average Bonchev–Trinajstić information content (AvgIpc) is 2.72. The third-order valence-electron chi connectivity index (χ3n) is 6.22. The molecule has 10 nitrogen and oxygen atoms in total. The monoisotopic (exact) mass is 774 g/mol. The van der Waals surface area contributed by atoms with Gasteiger partial charge in [-0.1, -0.05) is 12.8 Å². The fourth-order valence-corrected chi connectivity index (χ4v) is 7.66. The van der Waals surface area contributed by atoms with Crippen molar-refractivity contribution < 1.29 is 70.2 Å². The number of unbranched alkanes of at least 4 members (excludes halogenated alkanes) is 5. The quantitative estimate of drug-likeness (QED) is 0.0792. The minimum Gasteiger partial charge on any atom is -1.00 e. The molecule has 42 heavy (non-hydrogen) atoms. The number of hydrogen-bond donors (Lipinski definition) is 2. The third-order valence-corrected chi connectivity index (χ3v) is 10.2. The largest absolute Gasteiger partial charge is 1.00 e. The van der Waals surface area contributed by atoms with Gasteiger partial charge in [0.2, 0.25) is 0 Å². The molecule has 0 fully saturated rings. The minimum atomic E-state index is -3.29. The number of hydrogen-bond acceptors (Lipinski definition) is 6. The van der Waals surface area contributed by atoms with E-state index in [1.165, 1.54) is 38.5 Å². The van der Waals surface area contributed by atoms with Crippen molar-refractivity contribution >= 4 is 15.5 Å². The van der Waals surface area contributed by atoms with Crippen LogP contribution in [0.5, 0.6) is 0 Å². The van der Waals surface area contributed by atoms with E-state index < -0.39 is 15.5 Å². The minimum absolute atomic E-state index is 0. The van der Waals surface area contributed by atoms with Crippen molar-refractivity contribution in [2.45, 2.75) is 118 Å². The van der Waals surface area contributed by atoms with Crippen molar-refractivity contribution in [2.24, 2.45) is 0 Å². The molecule has 0 aromatic carbocycles. The molecule has 0 unspecified atom stereocenters. The van der Waals surface area contributed by atoms with Gasteiger partial charge in [-0.3, -0.25) is 18.1 Å². The Hall–Kier alpha value is 1.10. The maximum atomic E-state index is 12.9. The fraction of sp³-hybridized carbons (Fsp3) is 1.00. The summed E-state index contributed by atoms with van der Waals surface area (Å²) in [5.41, 5.74) is 0. The van der Waals surface area contributed by atoms with E-state index in [9.17, 15) is 9.13 Å². The van der Waals surface area contributed by atoms with Crippen LogP contribution < -0.4 is 44.1 Å². The number of nitrogens with zero attached hydrogens (tertiary/aromatic N) is 2. The van der Waals surface area contributed by atoms with Gasteiger partial charge in [-0.15, -0.1) is 0 Å². The zero-order valence-electron chi connectivity index (χ0n) is 28.8. The molecule has 0 aliphatic heterocycles. The first-order valence-corrected chi connectivity index (χ1v) is 18.5. The van der Waals surface area contributed by atoms with Crippen LogP contribution in [0.4, 0.5) is 0 Å². The molecule has 0 amide bonds. The van der Waals surface area contributed by atoms with Gasteiger partial charge in [0.25, 0.3) is 0 Å². The Balaban J connectivity index is -0.00000760. The molecule has 0 aliphatic carbocycles. The lowest BCUT2D eigenvalue weighted by Crippen LogP contribution is -3.00. The molecule has 0 aromatic heterocycles. The van der Waals surface area contributed by atoms with Crippen molar-refractivity contribution in [2.75, 3.05) is 67.5 Å². The van der Waals surface area contributed by atoms with Crippen LogP contribution in [0.3, 0.4) is 0 Å². The highest BCUT2D eigenvalue weighted by molar-refractivity contribution is 7.51. The van der Waals surface area contributed by atoms with Crippen LogP contribution in [0.15, 0.2) is 0 Å². The molecular weight excluding hydrogens is 710 g/mol. The topological polar surface area (TPSA) is 95.1 Å². The highest BCUT2D eigenvalue weighted by atomic mass is 79.9. The van der Waals surface area contributed by atoms with Crippen molar-refractivity contribution in [1.82, 2.24) is 10.2 Å². The fourth-order valence-electron chi connectivity index (χ4n) is 4.30. The third kappa shape index (κ3) is 26.3. The van der Waals surface area contributed by atoms with E-state index in [0.717, 1.165) is 35.1 Å². The van der Waals surface area contributed by atoms with Gasteiger partial charge in [0.05, 0.1) is 91.9 Å². The Morgan fingerprint density at radius 3 is 0.952 bits per heavy atom. The van der Waals surface area contributed by atoms with Gasteiger partial charge in [0.15, 0.2) is 0 Å². The average molecular weight is 777 g/mol. The Labute approximate surface area is 280 Å². The first kappa shape index (κ1) is 47.5. The van der Waals surface area contributed by atoms with Crippen LogP contribution in [0.1, 0.15) is 93.9 Å². The predicted molar refractivity (Wildman–Crippen MR) is 167 cm³/mol. The second kappa shape index (κ2) is 23.4. The van der Waals surface area contributed by atoms with Gasteiger partial charge < -0.3 is 42.9 Å². The van der Waals surface area contributed by atoms with Crippen molar-refractivity contribution in [1.29, 1.82) is 0 Å². The van der Waals surface area contributed by atoms with E-state index in [1.807, 2.05) is 55.4 Å². The summed E-state index contributed by atoms with van der Waals surface area (Å²) in [7, 11) is 2.30. The summed E-state index contributed by atoms with van der Waals surface area (Å²) in [4.78, 5) is 0. The van der Waals surface area contributed by atoms with Crippen LogP contribution in [-0.4, -0.2) is 101 Å². The number of rotatable bonds is 25. The SMILES string of the molecule is CC(C)OP(=O)(NCC[N+](C)(C)CCCCCCCC[N+](C)(C)CCNP(=O)(OC(C)C)OC(C)C)OC(C)C.[Br-].[Br-]. The van der Waals surface area contributed by atoms with E-state index in [-0.39, 0.29) is 58.4 Å². The number of nitrogens with one attached hydrogen (secondary N) is 2. The molecule has 0 bridgehead atoms. The highest BCUT2D eigenvalue weighted by Crippen LogP contribution is 2.46. The molecule has 258 valence electrons. The van der Waals surface area contributed by atoms with Gasteiger partial charge in [0, 0.05) is 0 Å². The molecule has 0 atom stereocenters. The molecule has 0 heterocycles. The Kier molecular flexibility index (Phi) is 26.5. The summed E-state index contributed by atoms with van der Waals surface area (Å²) in [5.74, 6) is 0. The molecular formula is C28H66Br2N4O6P2. The molecule has 0 saturated carbocycles. The van der Waals surface area contributed by atoms with E-state index >= 15 is 0 Å². The molecule has 14 heteroatoms. The van der Waals surface area contributed by atoms with Gasteiger partial charge in [0.1, 0.15) is 0 Å². The van der Waals surface area contributed by atoms with E-state index in [4.69, 9.17) is 18.1 Å². The highest BCUT2D eigenvalue weighted by Gasteiger charge is 2.29. The van der Waals surface area contributed by atoms with E-state index in [0.29, 0.717) is 13.1 Å². The van der Waals surface area contributed by atoms with Crippen LogP contribution in [0.25, 0.3) is 0 Å². The molecule has 0 saturated heterocycles. The van der Waals surface area contributed by atoms with Gasteiger partial charge in [-0.25, -0.2) is 19.3 Å². The lowest BCUT2D eigenvalue weighted by Gasteiger charge is -2.31. The summed E-state index contributed by atoms with van der Waals surface area (Å²) in [5, 5.41) is 6.10. The van der Waals surface area contributed by atoms with Crippen LogP contribution in [0.2, 0.25) is 0 Å². The smallest absolute Gasteiger partial charge is 0.406 e. The Morgan fingerprint density at radius 2 is 0.714 bits per heavy atom. The molecule has 0 radical (unpaired) electrons. The second-order valence-corrected chi connectivity index (χ2v) is 16.8. The number of halogens is 2. The summed E-state index contributed by atoms with van der Waals surface area (Å²) in [6, 6.07) is 0. The molecule has 0 rings (SSSR count). The first-order chi connectivity index (χ1) is 18.3. The normalized spacial score (nSPS) is 13.2. The summed E-state index contributed by atoms with van der Waals surface area (Å²) in [6.07, 6.45) is 6.64. The maximum Gasteiger partial charge on any atom is 0.406 e. The zero-order valence-corrected chi connectivity index (χ0v) is 33.7. The Bertz CT molecular complexity index is 685. The number of likely N-dealkylation sites (N-methyl/N-ethyl adjacent to an activating group) is 2. The summed E-state index contributed by atoms with van der Waals surface area (Å²) >= 11 is 0. The van der Waals surface area contributed by atoms with Gasteiger partial charge in [-0.2, -0.15) is 0 Å². The number of quaternary nitrogens is 2. The molecule has 0 aromatic rings. The lowest BCUT2D eigenvalue weighted by molar-refractivity contribution is -0.889. The standard InChI is InChI=1S/C28H66N4O6P2.2BrH/c1-25(2)35-39(33,36-26(3)4)29-19-23-31(9,10)21-17-15-13-14-16-18-22-32(11,12)24-20-30-40(34,37-27(5)6)38-28(7)8;;/h25-28H,13-24H2,1-12H3,(H,29,33)(H,30,34);2*1H/q+2;;/p-2. The van der Waals surface area contributed by atoms with Crippen molar-refractivity contribution in [3.8, 4) is 0 Å². The van der Waals surface area contributed by atoms with Crippen LogP contribution >= 0.6 is 15.5 Å². The zero-order chi connectivity index (χ0) is 31.0. The Morgan fingerprint density at radius 1 is 0.476 bits per heavy atom. The van der Waals surface area contributed by atoms with Crippen molar-refractivity contribution in [3.05, 3.63) is 0 Å². The lowest BCUT2D eigenvalue weighted by atomic mass is 10.1. The van der Waals surface area contributed by atoms with Crippen LogP contribution in [0, 0.1) is 0 Å². The predicted octanol–water partition coefficient (Wildman–Crippen LogP) is 0.583. The van der Waals surface area contributed by atoms with Crippen LogP contribution in [-0.2, 0) is 27.2 Å². The van der Waals surface area contributed by atoms with Crippen molar-refractivity contribution in [3.63, 3.8) is 0 Å².